The van der Waals surface area contributed by atoms with E-state index in [2.05, 4.69) is 118 Å². The molecular formula is C40H25BN2O3. The van der Waals surface area contributed by atoms with Crippen molar-refractivity contribution in [2.75, 3.05) is 0 Å². The minimum atomic E-state index is -1.65. The van der Waals surface area contributed by atoms with E-state index in [0.29, 0.717) is 16.6 Å². The molecule has 0 spiro atoms. The van der Waals surface area contributed by atoms with Gasteiger partial charge < -0.3 is 23.6 Å². The number of para-hydroxylation sites is 3. The molecule has 0 amide bonds. The second-order valence-corrected chi connectivity index (χ2v) is 12.0. The van der Waals surface area contributed by atoms with Crippen LogP contribution in [0.5, 0.6) is 0 Å². The van der Waals surface area contributed by atoms with Gasteiger partial charge in [0.1, 0.15) is 11.2 Å². The standard InChI is InChI=1S/C40H25BN2O3/c44-41(45)33-20-24-10-4-5-13-27(24)39-32-21-26(18-19-38(32)46-40(33)39)43-35-17-9-7-15-29(35)31-22-30-28-14-6-8-16-34(28)42(36(30)23-37(31)43)25-11-2-1-3-12-25/h1-23,44-45H. The van der Waals surface area contributed by atoms with Crippen LogP contribution in [0, 0.1) is 0 Å². The van der Waals surface area contributed by atoms with Crippen LogP contribution in [0.1, 0.15) is 0 Å². The molecule has 0 aliphatic heterocycles. The first-order valence-corrected chi connectivity index (χ1v) is 15.4. The highest BCUT2D eigenvalue weighted by molar-refractivity contribution is 6.62. The number of nitrogens with zero attached hydrogens (tertiary/aromatic N) is 2. The van der Waals surface area contributed by atoms with Crippen molar-refractivity contribution >= 4 is 88.9 Å². The lowest BCUT2D eigenvalue weighted by Crippen LogP contribution is -2.30. The van der Waals surface area contributed by atoms with Crippen LogP contribution in [-0.4, -0.2) is 26.3 Å². The predicted octanol–water partition coefficient (Wildman–Crippen LogP) is 8.61. The Hall–Kier alpha value is -5.82. The van der Waals surface area contributed by atoms with Gasteiger partial charge in [0.25, 0.3) is 0 Å². The topological polar surface area (TPSA) is 63.5 Å². The van der Waals surface area contributed by atoms with Gasteiger partial charge in [-0.2, -0.15) is 0 Å². The minimum absolute atomic E-state index is 0.361. The fraction of sp³-hybridized carbons (Fsp3) is 0. The summed E-state index contributed by atoms with van der Waals surface area (Å²) in [6.45, 7) is 0. The summed E-state index contributed by atoms with van der Waals surface area (Å²) in [7, 11) is -1.65. The highest BCUT2D eigenvalue weighted by atomic mass is 16.4. The van der Waals surface area contributed by atoms with Crippen LogP contribution in [0.15, 0.2) is 144 Å². The van der Waals surface area contributed by atoms with Crippen LogP contribution < -0.4 is 5.46 Å². The lowest BCUT2D eigenvalue weighted by atomic mass is 9.78. The molecule has 10 rings (SSSR count). The number of fused-ring (bicyclic) bond motifs is 11. The smallest absolute Gasteiger partial charge is 0.456 e. The zero-order chi connectivity index (χ0) is 30.5. The van der Waals surface area contributed by atoms with Crippen LogP contribution >= 0.6 is 0 Å². The zero-order valence-electron chi connectivity index (χ0n) is 24.6. The van der Waals surface area contributed by atoms with Gasteiger partial charge in [-0.15, -0.1) is 0 Å². The van der Waals surface area contributed by atoms with E-state index in [0.717, 1.165) is 49.5 Å². The molecule has 0 aliphatic rings. The molecule has 0 saturated heterocycles. The Morgan fingerprint density at radius 3 is 1.76 bits per heavy atom. The van der Waals surface area contributed by atoms with Crippen molar-refractivity contribution < 1.29 is 14.5 Å². The molecule has 0 saturated carbocycles. The fourth-order valence-electron chi connectivity index (χ4n) is 7.54. The van der Waals surface area contributed by atoms with E-state index in [1.54, 1.807) is 6.07 Å². The Labute approximate surface area is 262 Å². The van der Waals surface area contributed by atoms with Gasteiger partial charge in [0.2, 0.25) is 0 Å². The van der Waals surface area contributed by atoms with Crippen molar-refractivity contribution in [3.05, 3.63) is 140 Å². The molecule has 3 aromatic heterocycles. The van der Waals surface area contributed by atoms with E-state index in [-0.39, 0.29) is 0 Å². The molecule has 2 N–H and O–H groups in total. The molecule has 0 unspecified atom stereocenters. The molecule has 3 heterocycles. The molecular weight excluding hydrogens is 567 g/mol. The maximum absolute atomic E-state index is 10.3. The average molecular weight is 592 g/mol. The Kier molecular flexibility index (Phi) is 5.18. The van der Waals surface area contributed by atoms with Crippen LogP contribution in [0.2, 0.25) is 0 Å². The predicted molar refractivity (Wildman–Crippen MR) is 190 cm³/mol. The highest BCUT2D eigenvalue weighted by Gasteiger charge is 2.23. The Morgan fingerprint density at radius 1 is 0.457 bits per heavy atom. The van der Waals surface area contributed by atoms with Crippen molar-refractivity contribution in [3.63, 3.8) is 0 Å². The number of hydrogen-bond donors (Lipinski definition) is 2. The maximum atomic E-state index is 10.3. The lowest BCUT2D eigenvalue weighted by Gasteiger charge is -2.10. The number of aromatic nitrogens is 2. The lowest BCUT2D eigenvalue weighted by molar-refractivity contribution is 0.425. The summed E-state index contributed by atoms with van der Waals surface area (Å²) in [4.78, 5) is 0. The molecule has 216 valence electrons. The summed E-state index contributed by atoms with van der Waals surface area (Å²) in [5.41, 5.74) is 8.22. The normalized spacial score (nSPS) is 12.1. The molecule has 0 bridgehead atoms. The number of hydrogen-bond acceptors (Lipinski definition) is 3. The maximum Gasteiger partial charge on any atom is 0.492 e. The zero-order valence-corrected chi connectivity index (χ0v) is 24.6. The summed E-state index contributed by atoms with van der Waals surface area (Å²) in [5, 5.41) is 29.1. The molecule has 46 heavy (non-hydrogen) atoms. The Balaban J connectivity index is 1.34. The highest BCUT2D eigenvalue weighted by Crippen LogP contribution is 2.41. The second kappa shape index (κ2) is 9.35. The van der Waals surface area contributed by atoms with Crippen LogP contribution in [0.4, 0.5) is 0 Å². The van der Waals surface area contributed by atoms with Gasteiger partial charge in [0.15, 0.2) is 0 Å². The molecule has 0 aliphatic carbocycles. The van der Waals surface area contributed by atoms with Crippen LogP contribution in [-0.2, 0) is 0 Å². The van der Waals surface area contributed by atoms with Crippen molar-refractivity contribution in [2.45, 2.75) is 0 Å². The second-order valence-electron chi connectivity index (χ2n) is 12.0. The molecule has 0 radical (unpaired) electrons. The van der Waals surface area contributed by atoms with E-state index in [9.17, 15) is 10.0 Å². The van der Waals surface area contributed by atoms with Gasteiger partial charge in [-0.25, -0.2) is 0 Å². The molecule has 5 nitrogen and oxygen atoms in total. The summed E-state index contributed by atoms with van der Waals surface area (Å²) >= 11 is 0. The SMILES string of the molecule is OB(O)c1cc2ccccc2c2c1oc1ccc(-n3c4ccccc4c4cc5c6ccccc6n(-c6ccccc6)c5cc43)cc12. The van der Waals surface area contributed by atoms with Gasteiger partial charge >= 0.3 is 7.12 Å². The molecule has 6 heteroatoms. The fourth-order valence-corrected chi connectivity index (χ4v) is 7.54. The third-order valence-corrected chi connectivity index (χ3v) is 9.49. The Morgan fingerprint density at radius 2 is 1.07 bits per heavy atom. The van der Waals surface area contributed by atoms with Crippen molar-refractivity contribution in [3.8, 4) is 11.4 Å². The third kappa shape index (κ3) is 3.42. The number of furan rings is 1. The quantitative estimate of drug-likeness (QED) is 0.202. The molecule has 0 fully saturated rings. The Bertz CT molecular complexity index is 2840. The van der Waals surface area contributed by atoms with E-state index in [4.69, 9.17) is 4.42 Å². The summed E-state index contributed by atoms with van der Waals surface area (Å²) < 4.78 is 11.0. The van der Waals surface area contributed by atoms with Gasteiger partial charge in [-0.3, -0.25) is 0 Å². The first-order chi connectivity index (χ1) is 22.7. The summed E-state index contributed by atoms with van der Waals surface area (Å²) in [6.07, 6.45) is 0. The largest absolute Gasteiger partial charge is 0.492 e. The van der Waals surface area contributed by atoms with Crippen molar-refractivity contribution in [1.29, 1.82) is 0 Å². The number of rotatable bonds is 3. The van der Waals surface area contributed by atoms with Gasteiger partial charge in [-0.1, -0.05) is 84.9 Å². The van der Waals surface area contributed by atoms with E-state index < -0.39 is 7.12 Å². The molecule has 10 aromatic rings. The number of benzene rings is 7. The van der Waals surface area contributed by atoms with Crippen LogP contribution in [0.3, 0.4) is 0 Å². The van der Waals surface area contributed by atoms with Gasteiger partial charge in [-0.05, 0) is 65.4 Å². The first-order valence-electron chi connectivity index (χ1n) is 15.4. The summed E-state index contributed by atoms with van der Waals surface area (Å²) in [6, 6.07) is 48.5. The van der Waals surface area contributed by atoms with Crippen LogP contribution in [0.25, 0.3) is 87.7 Å². The minimum Gasteiger partial charge on any atom is -0.456 e. The van der Waals surface area contributed by atoms with Crippen molar-refractivity contribution in [2.24, 2.45) is 0 Å². The van der Waals surface area contributed by atoms with E-state index in [1.165, 1.54) is 27.1 Å². The average Bonchev–Trinajstić information content (AvgIpc) is 3.74. The van der Waals surface area contributed by atoms with E-state index >= 15 is 0 Å². The van der Waals surface area contributed by atoms with Gasteiger partial charge in [0, 0.05) is 49.2 Å². The molecule has 7 aromatic carbocycles. The van der Waals surface area contributed by atoms with Crippen molar-refractivity contribution in [1.82, 2.24) is 9.13 Å². The molecule has 0 atom stereocenters. The first kappa shape index (κ1) is 25.5. The summed E-state index contributed by atoms with van der Waals surface area (Å²) in [5.74, 6) is 0. The third-order valence-electron chi connectivity index (χ3n) is 9.49. The van der Waals surface area contributed by atoms with E-state index in [1.807, 2.05) is 24.3 Å². The monoisotopic (exact) mass is 592 g/mol. The van der Waals surface area contributed by atoms with Gasteiger partial charge in [0.05, 0.1) is 22.1 Å².